The first kappa shape index (κ1) is 20.9. The predicted molar refractivity (Wildman–Crippen MR) is 112 cm³/mol. The highest BCUT2D eigenvalue weighted by atomic mass is 35.5. The van der Waals surface area contributed by atoms with Gasteiger partial charge in [-0.05, 0) is 43.0 Å². The summed E-state index contributed by atoms with van der Waals surface area (Å²) in [5, 5.41) is 15.9. The van der Waals surface area contributed by atoms with E-state index in [9.17, 15) is 9.59 Å². The van der Waals surface area contributed by atoms with Gasteiger partial charge < -0.3 is 20.5 Å². The van der Waals surface area contributed by atoms with Gasteiger partial charge in [-0.25, -0.2) is 0 Å². The summed E-state index contributed by atoms with van der Waals surface area (Å²) in [6.45, 7) is -0.237. The summed E-state index contributed by atoms with van der Waals surface area (Å²) in [6.07, 6.45) is 3.99. The highest BCUT2D eigenvalue weighted by molar-refractivity contribution is 6.42. The molecule has 0 spiro atoms. The van der Waals surface area contributed by atoms with Crippen LogP contribution in [-0.2, 0) is 11.4 Å². The lowest BCUT2D eigenvalue weighted by Crippen LogP contribution is -2.76. The van der Waals surface area contributed by atoms with Crippen molar-refractivity contribution in [2.75, 3.05) is 6.61 Å². The van der Waals surface area contributed by atoms with Crippen LogP contribution in [0.5, 0.6) is 5.75 Å². The molecule has 0 radical (unpaired) electrons. The number of carbonyl (C=O) groups excluding carboxylic acids is 2. The Balaban J connectivity index is 1.26. The van der Waals surface area contributed by atoms with E-state index in [4.69, 9.17) is 33.0 Å². The van der Waals surface area contributed by atoms with Crippen LogP contribution in [-0.4, -0.2) is 40.1 Å². The van der Waals surface area contributed by atoms with Crippen molar-refractivity contribution in [3.63, 3.8) is 0 Å². The maximum atomic E-state index is 12.5. The van der Waals surface area contributed by atoms with E-state index in [1.165, 1.54) is 6.20 Å². The molecule has 2 fully saturated rings. The highest BCUT2D eigenvalue weighted by Crippen LogP contribution is 2.53. The van der Waals surface area contributed by atoms with Crippen LogP contribution in [0.3, 0.4) is 0 Å². The number of nitrogens with zero attached hydrogens (tertiary/aromatic N) is 1. The van der Waals surface area contributed by atoms with Crippen LogP contribution >= 0.6 is 23.2 Å². The van der Waals surface area contributed by atoms with E-state index in [-0.39, 0.29) is 42.5 Å². The fourth-order valence-electron chi connectivity index (χ4n) is 4.14. The number of benzene rings is 1. The van der Waals surface area contributed by atoms with Crippen LogP contribution in [0.2, 0.25) is 10.0 Å². The summed E-state index contributed by atoms with van der Waals surface area (Å²) in [5.41, 5.74) is 0.687. The molecule has 2 amide bonds. The number of nitrogens with one attached hydrogen (secondary N) is 2. The first-order chi connectivity index (χ1) is 14.4. The first-order valence-electron chi connectivity index (χ1n) is 9.66. The number of aliphatic hydroxyl groups is 1. The Morgan fingerprint density at radius 1 is 1.23 bits per heavy atom. The maximum Gasteiger partial charge on any atom is 0.270 e. The van der Waals surface area contributed by atoms with Gasteiger partial charge in [-0.1, -0.05) is 29.3 Å². The molecule has 0 saturated heterocycles. The minimum Gasteiger partial charge on any atom is -0.484 e. The monoisotopic (exact) mass is 449 g/mol. The largest absolute Gasteiger partial charge is 0.484 e. The molecule has 158 valence electrons. The Kier molecular flexibility index (Phi) is 5.86. The van der Waals surface area contributed by atoms with Gasteiger partial charge in [-0.15, -0.1) is 0 Å². The molecule has 30 heavy (non-hydrogen) atoms. The molecule has 2 aromatic rings. The fraction of sp³-hybridized carbons (Fsp3) is 0.381. The molecule has 0 bridgehead atoms. The van der Waals surface area contributed by atoms with Gasteiger partial charge in [0.15, 0.2) is 6.61 Å². The SMILES string of the molecule is O=C(COc1ccc(Cl)c(Cl)c1)NC1CC2(NC(=O)c3ccc(CO)cn3)CCC12. The van der Waals surface area contributed by atoms with Crippen molar-refractivity contribution in [3.05, 3.63) is 57.8 Å². The number of aromatic nitrogens is 1. The fourth-order valence-corrected chi connectivity index (χ4v) is 4.43. The van der Waals surface area contributed by atoms with Gasteiger partial charge in [-0.3, -0.25) is 14.6 Å². The Morgan fingerprint density at radius 2 is 2.07 bits per heavy atom. The van der Waals surface area contributed by atoms with Crippen LogP contribution in [0, 0.1) is 5.92 Å². The van der Waals surface area contributed by atoms with Gasteiger partial charge in [0.25, 0.3) is 11.8 Å². The van der Waals surface area contributed by atoms with E-state index in [0.29, 0.717) is 33.5 Å². The van der Waals surface area contributed by atoms with Crippen molar-refractivity contribution in [1.82, 2.24) is 15.6 Å². The zero-order valence-electron chi connectivity index (χ0n) is 16.0. The zero-order valence-corrected chi connectivity index (χ0v) is 17.5. The number of hydrogen-bond donors (Lipinski definition) is 3. The zero-order chi connectivity index (χ0) is 21.3. The number of pyridine rings is 1. The minimum atomic E-state index is -0.281. The molecular formula is C21H21Cl2N3O4. The van der Waals surface area contributed by atoms with E-state index in [1.54, 1.807) is 30.3 Å². The van der Waals surface area contributed by atoms with Crippen LogP contribution in [0.15, 0.2) is 36.5 Å². The number of halogens is 2. The van der Waals surface area contributed by atoms with Crippen LogP contribution in [0.1, 0.15) is 35.3 Å². The summed E-state index contributed by atoms with van der Waals surface area (Å²) >= 11 is 11.8. The van der Waals surface area contributed by atoms with E-state index in [1.807, 2.05) is 0 Å². The molecule has 1 aromatic carbocycles. The summed E-state index contributed by atoms with van der Waals surface area (Å²) in [4.78, 5) is 28.8. The molecule has 3 atom stereocenters. The average molecular weight is 450 g/mol. The molecule has 3 N–H and O–H groups in total. The molecule has 2 aliphatic rings. The summed E-state index contributed by atoms with van der Waals surface area (Å²) in [5.74, 6) is 0.210. The second-order valence-corrected chi connectivity index (χ2v) is 8.52. The van der Waals surface area contributed by atoms with Gasteiger partial charge in [-0.2, -0.15) is 0 Å². The summed E-state index contributed by atoms with van der Waals surface area (Å²) in [6, 6.07) is 8.11. The number of ether oxygens (including phenoxy) is 1. The van der Waals surface area contributed by atoms with Crippen LogP contribution in [0.25, 0.3) is 0 Å². The number of rotatable bonds is 7. The molecule has 1 heterocycles. The molecule has 3 unspecified atom stereocenters. The minimum absolute atomic E-state index is 0.00804. The van der Waals surface area contributed by atoms with Crippen molar-refractivity contribution in [3.8, 4) is 5.75 Å². The smallest absolute Gasteiger partial charge is 0.270 e. The van der Waals surface area contributed by atoms with Crippen LogP contribution < -0.4 is 15.4 Å². The first-order valence-corrected chi connectivity index (χ1v) is 10.4. The molecule has 0 aliphatic heterocycles. The van der Waals surface area contributed by atoms with E-state index in [0.717, 1.165) is 12.8 Å². The van der Waals surface area contributed by atoms with E-state index >= 15 is 0 Å². The van der Waals surface area contributed by atoms with Gasteiger partial charge in [0.2, 0.25) is 0 Å². The second-order valence-electron chi connectivity index (χ2n) is 7.71. The Morgan fingerprint density at radius 3 is 2.67 bits per heavy atom. The highest BCUT2D eigenvalue weighted by Gasteiger charge is 2.61. The molecular weight excluding hydrogens is 429 g/mol. The van der Waals surface area contributed by atoms with Crippen molar-refractivity contribution < 1.29 is 19.4 Å². The number of carbonyl (C=O) groups is 2. The number of aliphatic hydroxyl groups excluding tert-OH is 1. The number of fused-ring (bicyclic) bond motifs is 1. The van der Waals surface area contributed by atoms with Gasteiger partial charge in [0.05, 0.1) is 16.7 Å². The standard InChI is InChI=1S/C21H21Cl2N3O4/c22-15-3-2-13(7-16(15)23)30-11-19(28)25-18-8-21(6-5-14(18)21)26-20(29)17-4-1-12(10-27)9-24-17/h1-4,7,9,14,18,27H,5-6,8,10-11H2,(H,25,28)(H,26,29). The van der Waals surface area contributed by atoms with Gasteiger partial charge >= 0.3 is 0 Å². The topological polar surface area (TPSA) is 101 Å². The average Bonchev–Trinajstić information content (AvgIpc) is 2.73. The third kappa shape index (κ3) is 4.10. The molecule has 1 aromatic heterocycles. The van der Waals surface area contributed by atoms with Crippen molar-refractivity contribution >= 4 is 35.0 Å². The van der Waals surface area contributed by atoms with Crippen LogP contribution in [0.4, 0.5) is 0 Å². The number of amides is 2. The molecule has 2 saturated carbocycles. The van der Waals surface area contributed by atoms with Gasteiger partial charge in [0, 0.05) is 29.8 Å². The third-order valence-corrected chi connectivity index (χ3v) is 6.63. The van der Waals surface area contributed by atoms with Crippen molar-refractivity contribution in [1.29, 1.82) is 0 Å². The molecule has 9 heteroatoms. The third-order valence-electron chi connectivity index (χ3n) is 5.89. The normalized spacial score (nSPS) is 24.1. The second kappa shape index (κ2) is 8.41. The van der Waals surface area contributed by atoms with Gasteiger partial charge in [0.1, 0.15) is 11.4 Å². The quantitative estimate of drug-likeness (QED) is 0.603. The Bertz CT molecular complexity index is 969. The predicted octanol–water partition coefficient (Wildman–Crippen LogP) is 2.73. The molecule has 4 rings (SSSR count). The lowest BCUT2D eigenvalue weighted by atomic mass is 9.50. The lowest BCUT2D eigenvalue weighted by molar-refractivity contribution is -0.129. The van der Waals surface area contributed by atoms with E-state index in [2.05, 4.69) is 15.6 Å². The van der Waals surface area contributed by atoms with Crippen molar-refractivity contribution in [2.24, 2.45) is 5.92 Å². The Hall–Kier alpha value is -2.35. The van der Waals surface area contributed by atoms with E-state index < -0.39 is 0 Å². The lowest BCUT2D eigenvalue weighted by Gasteiger charge is -2.63. The summed E-state index contributed by atoms with van der Waals surface area (Å²) < 4.78 is 5.47. The summed E-state index contributed by atoms with van der Waals surface area (Å²) in [7, 11) is 0. The van der Waals surface area contributed by atoms with Crippen molar-refractivity contribution in [2.45, 2.75) is 37.5 Å². The molecule has 2 aliphatic carbocycles. The molecule has 7 nitrogen and oxygen atoms in total. The maximum absolute atomic E-state index is 12.5. The Labute approximate surface area is 183 Å². The number of hydrogen-bond acceptors (Lipinski definition) is 5.